The van der Waals surface area contributed by atoms with Gasteiger partial charge >= 0.3 is 0 Å². The Hall–Kier alpha value is -2.07. The molecule has 0 amide bonds. The van der Waals surface area contributed by atoms with Gasteiger partial charge in [-0.3, -0.25) is 4.98 Å². The van der Waals surface area contributed by atoms with Gasteiger partial charge in [0.05, 0.1) is 12.4 Å². The molecular weight excluding hydrogens is 252 g/mol. The minimum absolute atomic E-state index is 0.476. The zero-order valence-corrected chi connectivity index (χ0v) is 11.3. The summed E-state index contributed by atoms with van der Waals surface area (Å²) in [5, 5.41) is 3.30. The van der Waals surface area contributed by atoms with Gasteiger partial charge in [0.1, 0.15) is 24.7 Å². The Morgan fingerprint density at radius 3 is 2.55 bits per heavy atom. The molecule has 0 bridgehead atoms. The molecule has 104 valence electrons. The van der Waals surface area contributed by atoms with Crippen molar-refractivity contribution in [3.05, 3.63) is 54.4 Å². The highest BCUT2D eigenvalue weighted by atomic mass is 16.5. The van der Waals surface area contributed by atoms with Gasteiger partial charge in [-0.1, -0.05) is 30.3 Å². The van der Waals surface area contributed by atoms with Crippen molar-refractivity contribution in [2.75, 3.05) is 13.2 Å². The average molecular weight is 270 g/mol. The Labute approximate surface area is 118 Å². The molecule has 4 heteroatoms. The van der Waals surface area contributed by atoms with E-state index >= 15 is 0 Å². The first-order valence-electron chi connectivity index (χ1n) is 6.88. The van der Waals surface area contributed by atoms with Crippen molar-refractivity contribution in [1.29, 1.82) is 0 Å². The Balaban J connectivity index is 1.53. The zero-order chi connectivity index (χ0) is 13.6. The first kappa shape index (κ1) is 12.9. The molecule has 0 radical (unpaired) electrons. The number of nitrogens with zero attached hydrogens (tertiary/aromatic N) is 1. The van der Waals surface area contributed by atoms with E-state index in [2.05, 4.69) is 10.3 Å². The highest BCUT2D eigenvalue weighted by molar-refractivity contribution is 5.28. The third-order valence-corrected chi connectivity index (χ3v) is 3.31. The van der Waals surface area contributed by atoms with E-state index in [0.717, 1.165) is 23.6 Å². The predicted octanol–water partition coefficient (Wildman–Crippen LogP) is 2.40. The highest BCUT2D eigenvalue weighted by Crippen LogP contribution is 2.19. The van der Waals surface area contributed by atoms with Gasteiger partial charge in [-0.2, -0.15) is 0 Å². The number of ether oxygens (including phenoxy) is 2. The molecule has 1 fully saturated rings. The number of aromatic nitrogens is 1. The molecule has 1 aliphatic heterocycles. The molecule has 4 nitrogen and oxygen atoms in total. The van der Waals surface area contributed by atoms with E-state index < -0.39 is 0 Å². The van der Waals surface area contributed by atoms with Crippen molar-refractivity contribution in [2.45, 2.75) is 19.1 Å². The molecule has 1 aliphatic rings. The zero-order valence-electron chi connectivity index (χ0n) is 11.3. The number of hydrogen-bond acceptors (Lipinski definition) is 4. The lowest BCUT2D eigenvalue weighted by molar-refractivity contribution is 0.215. The standard InChI is InChI=1S/C16H18N2O2/c1-2-4-13(5-3-1)11-19-15-8-16(10-17-9-15)20-12-14-6-7-18-14/h1-5,8-10,14,18H,6-7,11-12H2. The van der Waals surface area contributed by atoms with E-state index in [1.165, 1.54) is 6.42 Å². The van der Waals surface area contributed by atoms with E-state index in [1.54, 1.807) is 12.4 Å². The van der Waals surface area contributed by atoms with Crippen LogP contribution in [0.1, 0.15) is 12.0 Å². The van der Waals surface area contributed by atoms with Crippen molar-refractivity contribution in [1.82, 2.24) is 10.3 Å². The maximum atomic E-state index is 5.72. The number of hydrogen-bond donors (Lipinski definition) is 1. The average Bonchev–Trinajstić information content (AvgIpc) is 2.45. The second kappa shape index (κ2) is 6.39. The molecule has 1 aromatic heterocycles. The summed E-state index contributed by atoms with van der Waals surface area (Å²) < 4.78 is 11.4. The van der Waals surface area contributed by atoms with Crippen molar-refractivity contribution < 1.29 is 9.47 Å². The van der Waals surface area contributed by atoms with Crippen LogP contribution >= 0.6 is 0 Å². The fraction of sp³-hybridized carbons (Fsp3) is 0.312. The molecule has 1 aromatic carbocycles. The largest absolute Gasteiger partial charge is 0.490 e. The van der Waals surface area contributed by atoms with Crippen LogP contribution in [0, 0.1) is 0 Å². The maximum absolute atomic E-state index is 5.72. The van der Waals surface area contributed by atoms with Crippen molar-refractivity contribution in [3.8, 4) is 11.5 Å². The fourth-order valence-corrected chi connectivity index (χ4v) is 1.99. The van der Waals surface area contributed by atoms with Crippen molar-refractivity contribution in [2.24, 2.45) is 0 Å². The summed E-state index contributed by atoms with van der Waals surface area (Å²) in [5.74, 6) is 1.48. The van der Waals surface area contributed by atoms with Gasteiger partial charge < -0.3 is 14.8 Å². The van der Waals surface area contributed by atoms with Crippen LogP contribution in [0.3, 0.4) is 0 Å². The van der Waals surface area contributed by atoms with Crippen LogP contribution in [-0.2, 0) is 6.61 Å². The Bertz CT molecular complexity index is 541. The number of benzene rings is 1. The lowest BCUT2D eigenvalue weighted by atomic mass is 10.1. The Morgan fingerprint density at radius 1 is 1.10 bits per heavy atom. The minimum atomic E-state index is 0.476. The van der Waals surface area contributed by atoms with E-state index in [4.69, 9.17) is 9.47 Å². The molecule has 3 rings (SSSR count). The molecule has 0 saturated carbocycles. The van der Waals surface area contributed by atoms with Crippen molar-refractivity contribution in [3.63, 3.8) is 0 Å². The SMILES string of the molecule is c1ccc(COc2cncc(OCC3CCN3)c2)cc1. The molecule has 0 spiro atoms. The Morgan fingerprint density at radius 2 is 1.85 bits per heavy atom. The van der Waals surface area contributed by atoms with Crippen LogP contribution in [0.25, 0.3) is 0 Å². The fourth-order valence-electron chi connectivity index (χ4n) is 1.99. The van der Waals surface area contributed by atoms with Crippen LogP contribution in [-0.4, -0.2) is 24.2 Å². The van der Waals surface area contributed by atoms with E-state index in [0.29, 0.717) is 19.3 Å². The molecule has 1 saturated heterocycles. The van der Waals surface area contributed by atoms with Crippen LogP contribution in [0.5, 0.6) is 11.5 Å². The normalized spacial score (nSPS) is 17.3. The Kier molecular flexibility index (Phi) is 4.13. The van der Waals surface area contributed by atoms with Gasteiger partial charge in [-0.15, -0.1) is 0 Å². The lowest BCUT2D eigenvalue weighted by Crippen LogP contribution is -2.46. The molecule has 2 heterocycles. The lowest BCUT2D eigenvalue weighted by Gasteiger charge is -2.27. The monoisotopic (exact) mass is 270 g/mol. The van der Waals surface area contributed by atoms with E-state index in [9.17, 15) is 0 Å². The molecule has 2 aromatic rings. The topological polar surface area (TPSA) is 43.4 Å². The van der Waals surface area contributed by atoms with Gasteiger partial charge in [0.15, 0.2) is 0 Å². The summed E-state index contributed by atoms with van der Waals surface area (Å²) >= 11 is 0. The summed E-state index contributed by atoms with van der Waals surface area (Å²) in [5.41, 5.74) is 1.14. The van der Waals surface area contributed by atoms with Gasteiger partial charge in [-0.25, -0.2) is 0 Å². The molecule has 1 N–H and O–H groups in total. The summed E-state index contributed by atoms with van der Waals surface area (Å²) in [6.45, 7) is 2.31. The first-order chi connectivity index (χ1) is 9.90. The third kappa shape index (κ3) is 3.48. The second-order valence-corrected chi connectivity index (χ2v) is 4.88. The van der Waals surface area contributed by atoms with Gasteiger partial charge in [0.2, 0.25) is 0 Å². The molecule has 1 unspecified atom stereocenters. The number of nitrogens with one attached hydrogen (secondary N) is 1. The maximum Gasteiger partial charge on any atom is 0.141 e. The third-order valence-electron chi connectivity index (χ3n) is 3.31. The molecular formula is C16H18N2O2. The molecule has 1 atom stereocenters. The van der Waals surface area contributed by atoms with E-state index in [1.807, 2.05) is 36.4 Å². The quantitative estimate of drug-likeness (QED) is 0.875. The van der Waals surface area contributed by atoms with E-state index in [-0.39, 0.29) is 0 Å². The van der Waals surface area contributed by atoms with Crippen LogP contribution in [0.15, 0.2) is 48.8 Å². The van der Waals surface area contributed by atoms with Crippen LogP contribution < -0.4 is 14.8 Å². The minimum Gasteiger partial charge on any atom is -0.490 e. The predicted molar refractivity (Wildman–Crippen MR) is 76.9 cm³/mol. The first-order valence-corrected chi connectivity index (χ1v) is 6.88. The second-order valence-electron chi connectivity index (χ2n) is 4.88. The summed E-state index contributed by atoms with van der Waals surface area (Å²) in [7, 11) is 0. The molecule has 20 heavy (non-hydrogen) atoms. The van der Waals surface area contributed by atoms with Crippen LogP contribution in [0.4, 0.5) is 0 Å². The van der Waals surface area contributed by atoms with Gasteiger partial charge in [-0.05, 0) is 18.5 Å². The summed E-state index contributed by atoms with van der Waals surface area (Å²) in [4.78, 5) is 4.15. The smallest absolute Gasteiger partial charge is 0.141 e. The number of pyridine rings is 1. The molecule has 0 aliphatic carbocycles. The van der Waals surface area contributed by atoms with Gasteiger partial charge in [0, 0.05) is 12.1 Å². The van der Waals surface area contributed by atoms with Crippen molar-refractivity contribution >= 4 is 0 Å². The summed E-state index contributed by atoms with van der Waals surface area (Å²) in [6.07, 6.45) is 4.60. The van der Waals surface area contributed by atoms with Gasteiger partial charge in [0.25, 0.3) is 0 Å². The van der Waals surface area contributed by atoms with Crippen LogP contribution in [0.2, 0.25) is 0 Å². The summed E-state index contributed by atoms with van der Waals surface area (Å²) in [6, 6.07) is 12.4. The highest BCUT2D eigenvalue weighted by Gasteiger charge is 2.16. The number of rotatable bonds is 6.